The summed E-state index contributed by atoms with van der Waals surface area (Å²) in [7, 11) is 1.32. The number of esters is 2. The molecule has 0 amide bonds. The summed E-state index contributed by atoms with van der Waals surface area (Å²) in [5.74, 6) is -1.69. The van der Waals surface area contributed by atoms with Gasteiger partial charge in [-0.3, -0.25) is 9.59 Å². The van der Waals surface area contributed by atoms with E-state index in [0.717, 1.165) is 0 Å². The summed E-state index contributed by atoms with van der Waals surface area (Å²) >= 11 is 0. The molecule has 2 unspecified atom stereocenters. The molecular formula is C14H22O7. The normalized spacial score (nSPS) is 24.6. The van der Waals surface area contributed by atoms with E-state index in [9.17, 15) is 14.4 Å². The summed E-state index contributed by atoms with van der Waals surface area (Å²) in [6, 6.07) is 0. The van der Waals surface area contributed by atoms with E-state index < -0.39 is 11.8 Å². The van der Waals surface area contributed by atoms with Crippen LogP contribution in [0.5, 0.6) is 0 Å². The minimum Gasteiger partial charge on any atom is -0.469 e. The highest BCUT2D eigenvalue weighted by Crippen LogP contribution is 2.28. The molecule has 1 aliphatic heterocycles. The quantitative estimate of drug-likeness (QED) is 0.618. The van der Waals surface area contributed by atoms with Gasteiger partial charge in [0.15, 0.2) is 5.79 Å². The van der Waals surface area contributed by atoms with Crippen molar-refractivity contribution in [3.05, 3.63) is 0 Å². The second-order valence-electron chi connectivity index (χ2n) is 5.15. The summed E-state index contributed by atoms with van der Waals surface area (Å²) in [6.07, 6.45) is 0.446. The number of hydrogen-bond donors (Lipinski definition) is 0. The average molecular weight is 302 g/mol. The van der Waals surface area contributed by atoms with Gasteiger partial charge in [-0.15, -0.1) is 0 Å². The Hall–Kier alpha value is -1.47. The number of hydrogen-bond acceptors (Lipinski definition) is 7. The predicted octanol–water partition coefficient (Wildman–Crippen LogP) is 0.984. The first-order valence-electron chi connectivity index (χ1n) is 6.88. The number of ether oxygens (including phenoxy) is 4. The molecule has 0 aromatic carbocycles. The third kappa shape index (κ3) is 6.68. The maximum atomic E-state index is 11.4. The van der Waals surface area contributed by atoms with Crippen LogP contribution in [0.25, 0.3) is 0 Å². The standard InChI is InChI=1S/C14H22O7/c1-10(15)4-5-13(17)19-8-11-9-20-14(2,21-11)7-6-12(16)18-3/h11H,4-9H2,1-3H3. The molecule has 1 rings (SSSR count). The SMILES string of the molecule is COC(=O)CCC1(C)OCC(COC(=O)CCC(C)=O)O1. The summed E-state index contributed by atoms with van der Waals surface area (Å²) < 4.78 is 20.7. The van der Waals surface area contributed by atoms with Crippen molar-refractivity contribution in [1.82, 2.24) is 0 Å². The summed E-state index contributed by atoms with van der Waals surface area (Å²) in [5.41, 5.74) is 0. The molecule has 1 fully saturated rings. The molecular weight excluding hydrogens is 280 g/mol. The van der Waals surface area contributed by atoms with Crippen LogP contribution in [-0.2, 0) is 33.3 Å². The number of carbonyl (C=O) groups is 3. The molecule has 0 aliphatic carbocycles. The maximum Gasteiger partial charge on any atom is 0.306 e. The second-order valence-corrected chi connectivity index (χ2v) is 5.15. The van der Waals surface area contributed by atoms with E-state index in [4.69, 9.17) is 14.2 Å². The highest BCUT2D eigenvalue weighted by molar-refractivity contribution is 5.80. The smallest absolute Gasteiger partial charge is 0.306 e. The van der Waals surface area contributed by atoms with Crippen molar-refractivity contribution in [1.29, 1.82) is 0 Å². The lowest BCUT2D eigenvalue weighted by atomic mass is 10.2. The average Bonchev–Trinajstić information content (AvgIpc) is 2.82. The van der Waals surface area contributed by atoms with Gasteiger partial charge in [-0.1, -0.05) is 0 Å². The fourth-order valence-corrected chi connectivity index (χ4v) is 1.87. The van der Waals surface area contributed by atoms with E-state index in [-0.39, 0.29) is 50.3 Å². The Balaban J connectivity index is 2.25. The molecule has 1 saturated heterocycles. The molecule has 0 spiro atoms. The number of ketones is 1. The van der Waals surface area contributed by atoms with Gasteiger partial charge in [0.1, 0.15) is 18.5 Å². The van der Waals surface area contributed by atoms with Crippen LogP contribution in [0.15, 0.2) is 0 Å². The molecule has 2 atom stereocenters. The lowest BCUT2D eigenvalue weighted by molar-refractivity contribution is -0.173. The molecule has 0 radical (unpaired) electrons. The number of methoxy groups -OCH3 is 1. The number of carbonyl (C=O) groups excluding carboxylic acids is 3. The predicted molar refractivity (Wildman–Crippen MR) is 71.4 cm³/mol. The van der Waals surface area contributed by atoms with Crippen molar-refractivity contribution in [2.24, 2.45) is 0 Å². The molecule has 7 nitrogen and oxygen atoms in total. The van der Waals surface area contributed by atoms with Crippen molar-refractivity contribution in [2.45, 2.75) is 51.4 Å². The van der Waals surface area contributed by atoms with E-state index in [2.05, 4.69) is 4.74 Å². The highest BCUT2D eigenvalue weighted by Gasteiger charge is 2.38. The van der Waals surface area contributed by atoms with Gasteiger partial charge >= 0.3 is 11.9 Å². The Bertz CT molecular complexity index is 393. The maximum absolute atomic E-state index is 11.4. The van der Waals surface area contributed by atoms with E-state index in [1.165, 1.54) is 14.0 Å². The Morgan fingerprint density at radius 2 is 1.90 bits per heavy atom. The third-order valence-corrected chi connectivity index (χ3v) is 3.11. The molecule has 7 heteroatoms. The first-order chi connectivity index (χ1) is 9.84. The molecule has 0 aromatic rings. The van der Waals surface area contributed by atoms with Crippen LogP contribution in [0, 0.1) is 0 Å². The first kappa shape index (κ1) is 17.6. The minimum atomic E-state index is -0.870. The van der Waals surface area contributed by atoms with Crippen LogP contribution in [0.1, 0.15) is 39.5 Å². The van der Waals surface area contributed by atoms with Crippen molar-refractivity contribution < 1.29 is 33.3 Å². The topological polar surface area (TPSA) is 88.1 Å². The van der Waals surface area contributed by atoms with Crippen molar-refractivity contribution in [2.75, 3.05) is 20.3 Å². The Morgan fingerprint density at radius 3 is 2.52 bits per heavy atom. The lowest BCUT2D eigenvalue weighted by Gasteiger charge is -2.22. The summed E-state index contributed by atoms with van der Waals surface area (Å²) in [4.78, 5) is 33.2. The molecule has 0 bridgehead atoms. The molecule has 0 saturated carbocycles. The van der Waals surface area contributed by atoms with Gasteiger partial charge < -0.3 is 23.7 Å². The molecule has 21 heavy (non-hydrogen) atoms. The van der Waals surface area contributed by atoms with Crippen LogP contribution in [0.3, 0.4) is 0 Å². The largest absolute Gasteiger partial charge is 0.469 e. The van der Waals surface area contributed by atoms with Gasteiger partial charge in [0.05, 0.1) is 26.6 Å². The zero-order valence-corrected chi connectivity index (χ0v) is 12.7. The van der Waals surface area contributed by atoms with Crippen LogP contribution in [-0.4, -0.2) is 49.9 Å². The molecule has 1 aliphatic rings. The Kier molecular flexibility index (Phi) is 6.77. The van der Waals surface area contributed by atoms with E-state index in [0.29, 0.717) is 6.42 Å². The zero-order chi connectivity index (χ0) is 15.9. The van der Waals surface area contributed by atoms with Crippen molar-refractivity contribution in [3.63, 3.8) is 0 Å². The van der Waals surface area contributed by atoms with Gasteiger partial charge in [-0.2, -0.15) is 0 Å². The van der Waals surface area contributed by atoms with Crippen molar-refractivity contribution in [3.8, 4) is 0 Å². The fraction of sp³-hybridized carbons (Fsp3) is 0.786. The van der Waals surface area contributed by atoms with Gasteiger partial charge in [-0.25, -0.2) is 0 Å². The lowest BCUT2D eigenvalue weighted by Crippen LogP contribution is -2.29. The molecule has 0 N–H and O–H groups in total. The van der Waals surface area contributed by atoms with Crippen LogP contribution in [0.2, 0.25) is 0 Å². The van der Waals surface area contributed by atoms with Crippen molar-refractivity contribution >= 4 is 17.7 Å². The van der Waals surface area contributed by atoms with Gasteiger partial charge in [0.25, 0.3) is 0 Å². The zero-order valence-electron chi connectivity index (χ0n) is 12.7. The van der Waals surface area contributed by atoms with Gasteiger partial charge in [0, 0.05) is 12.8 Å². The third-order valence-electron chi connectivity index (χ3n) is 3.11. The van der Waals surface area contributed by atoms with E-state index >= 15 is 0 Å². The van der Waals surface area contributed by atoms with Gasteiger partial charge in [0.2, 0.25) is 0 Å². The Morgan fingerprint density at radius 1 is 1.19 bits per heavy atom. The second kappa shape index (κ2) is 8.09. The summed E-state index contributed by atoms with van der Waals surface area (Å²) in [5, 5.41) is 0. The van der Waals surface area contributed by atoms with E-state index in [1.54, 1.807) is 6.92 Å². The Labute approximate surface area is 123 Å². The van der Waals surface area contributed by atoms with Gasteiger partial charge in [-0.05, 0) is 13.8 Å². The highest BCUT2D eigenvalue weighted by atomic mass is 16.7. The summed E-state index contributed by atoms with van der Waals surface area (Å²) in [6.45, 7) is 3.52. The fourth-order valence-electron chi connectivity index (χ4n) is 1.87. The van der Waals surface area contributed by atoms with Crippen LogP contribution in [0.4, 0.5) is 0 Å². The first-order valence-corrected chi connectivity index (χ1v) is 6.88. The number of rotatable bonds is 8. The number of Topliss-reactive ketones (excluding diaryl/α,β-unsaturated/α-hetero) is 1. The minimum absolute atomic E-state index is 0.0530. The molecule has 120 valence electrons. The van der Waals surface area contributed by atoms with E-state index in [1.807, 2.05) is 0 Å². The molecule has 0 aromatic heterocycles. The van der Waals surface area contributed by atoms with Crippen LogP contribution < -0.4 is 0 Å². The van der Waals surface area contributed by atoms with Crippen LogP contribution >= 0.6 is 0 Å². The molecule has 1 heterocycles. The monoisotopic (exact) mass is 302 g/mol.